The summed E-state index contributed by atoms with van der Waals surface area (Å²) in [5.74, 6) is 6.87. The first-order valence-electron chi connectivity index (χ1n) is 6.34. The highest BCUT2D eigenvalue weighted by molar-refractivity contribution is 5.27. The van der Waals surface area contributed by atoms with E-state index in [9.17, 15) is 4.39 Å². The van der Waals surface area contributed by atoms with E-state index in [1.165, 1.54) is 25.3 Å². The van der Waals surface area contributed by atoms with Gasteiger partial charge in [0.15, 0.2) is 0 Å². The van der Waals surface area contributed by atoms with Crippen molar-refractivity contribution in [2.45, 2.75) is 39.2 Å². The van der Waals surface area contributed by atoms with Crippen molar-refractivity contribution in [3.63, 3.8) is 0 Å². The van der Waals surface area contributed by atoms with E-state index in [0.717, 1.165) is 11.5 Å². The van der Waals surface area contributed by atoms with E-state index in [4.69, 9.17) is 5.84 Å². The molecule has 3 N–H and O–H groups in total. The quantitative estimate of drug-likeness (QED) is 0.625. The number of hydrogen-bond acceptors (Lipinski definition) is 2. The van der Waals surface area contributed by atoms with Gasteiger partial charge in [0.1, 0.15) is 5.82 Å². The van der Waals surface area contributed by atoms with Crippen LogP contribution in [0, 0.1) is 24.6 Å². The fourth-order valence-corrected chi connectivity index (χ4v) is 2.92. The predicted octanol–water partition coefficient (Wildman–Crippen LogP) is 3.07. The molecule has 1 aliphatic rings. The number of hydrogen-bond donors (Lipinski definition) is 2. The highest BCUT2D eigenvalue weighted by Crippen LogP contribution is 2.38. The maximum atomic E-state index is 13.3. The Balaban J connectivity index is 2.20. The fourth-order valence-electron chi connectivity index (χ4n) is 2.92. The number of nitrogens with two attached hydrogens (primary N) is 1. The van der Waals surface area contributed by atoms with Crippen molar-refractivity contribution in [3.05, 3.63) is 35.1 Å². The summed E-state index contributed by atoms with van der Waals surface area (Å²) in [6, 6.07) is 5.44. The van der Waals surface area contributed by atoms with Gasteiger partial charge in [0.25, 0.3) is 0 Å². The minimum absolute atomic E-state index is 0.149. The molecule has 17 heavy (non-hydrogen) atoms. The molecule has 0 saturated heterocycles. The predicted molar refractivity (Wildman–Crippen MR) is 67.7 cm³/mol. The number of aryl methyl sites for hydroxylation is 1. The number of rotatable bonds is 3. The zero-order valence-corrected chi connectivity index (χ0v) is 10.5. The van der Waals surface area contributed by atoms with Crippen LogP contribution in [0.4, 0.5) is 4.39 Å². The highest BCUT2D eigenvalue weighted by atomic mass is 19.1. The summed E-state index contributed by atoms with van der Waals surface area (Å²) in [5.41, 5.74) is 4.70. The standard InChI is InChI=1S/C14H21FN2/c1-9-3-4-11(7-9)14(17-16)12-5-6-13(15)10(2)8-12/h5-6,8-9,11,14,17H,3-4,7,16H2,1-2H3. The van der Waals surface area contributed by atoms with Crippen LogP contribution in [0.25, 0.3) is 0 Å². The maximum Gasteiger partial charge on any atom is 0.126 e. The summed E-state index contributed by atoms with van der Waals surface area (Å²) in [4.78, 5) is 0. The van der Waals surface area contributed by atoms with E-state index >= 15 is 0 Å². The summed E-state index contributed by atoms with van der Waals surface area (Å²) in [6.45, 7) is 4.08. The Morgan fingerprint density at radius 3 is 2.71 bits per heavy atom. The van der Waals surface area contributed by atoms with Crippen molar-refractivity contribution in [1.82, 2.24) is 5.43 Å². The molecule has 3 atom stereocenters. The van der Waals surface area contributed by atoms with Crippen LogP contribution in [-0.4, -0.2) is 0 Å². The van der Waals surface area contributed by atoms with Crippen molar-refractivity contribution >= 4 is 0 Å². The molecular weight excluding hydrogens is 215 g/mol. The highest BCUT2D eigenvalue weighted by Gasteiger charge is 2.29. The van der Waals surface area contributed by atoms with Gasteiger partial charge < -0.3 is 0 Å². The number of hydrazine groups is 1. The SMILES string of the molecule is Cc1cc(C(NN)C2CCC(C)C2)ccc1F. The van der Waals surface area contributed by atoms with Crippen LogP contribution in [0.1, 0.15) is 43.4 Å². The van der Waals surface area contributed by atoms with E-state index in [-0.39, 0.29) is 11.9 Å². The van der Waals surface area contributed by atoms with Gasteiger partial charge in [-0.05, 0) is 48.8 Å². The van der Waals surface area contributed by atoms with Crippen molar-refractivity contribution in [3.8, 4) is 0 Å². The molecule has 3 unspecified atom stereocenters. The molecule has 1 aliphatic carbocycles. The van der Waals surface area contributed by atoms with E-state index in [2.05, 4.69) is 12.3 Å². The minimum atomic E-state index is -0.149. The van der Waals surface area contributed by atoms with Gasteiger partial charge in [-0.25, -0.2) is 4.39 Å². The van der Waals surface area contributed by atoms with Crippen molar-refractivity contribution in [2.75, 3.05) is 0 Å². The zero-order chi connectivity index (χ0) is 12.4. The Morgan fingerprint density at radius 1 is 1.41 bits per heavy atom. The molecule has 0 spiro atoms. The molecule has 2 nitrogen and oxygen atoms in total. The van der Waals surface area contributed by atoms with Crippen LogP contribution in [0.15, 0.2) is 18.2 Å². The van der Waals surface area contributed by atoms with E-state index < -0.39 is 0 Å². The zero-order valence-electron chi connectivity index (χ0n) is 10.5. The molecule has 3 heteroatoms. The van der Waals surface area contributed by atoms with Crippen molar-refractivity contribution in [2.24, 2.45) is 17.7 Å². The van der Waals surface area contributed by atoms with Crippen molar-refractivity contribution in [1.29, 1.82) is 0 Å². The maximum absolute atomic E-state index is 13.3. The number of nitrogens with one attached hydrogen (secondary N) is 1. The Bertz CT molecular complexity index is 392. The third-order valence-corrected chi connectivity index (χ3v) is 3.93. The fraction of sp³-hybridized carbons (Fsp3) is 0.571. The van der Waals surface area contributed by atoms with Crippen LogP contribution >= 0.6 is 0 Å². The average molecular weight is 236 g/mol. The second-order valence-electron chi connectivity index (χ2n) is 5.33. The molecule has 0 bridgehead atoms. The molecule has 1 fully saturated rings. The lowest BCUT2D eigenvalue weighted by Crippen LogP contribution is -2.32. The van der Waals surface area contributed by atoms with Gasteiger partial charge in [0.05, 0.1) is 0 Å². The Morgan fingerprint density at radius 2 is 2.18 bits per heavy atom. The van der Waals surface area contributed by atoms with Gasteiger partial charge in [-0.3, -0.25) is 11.3 Å². The minimum Gasteiger partial charge on any atom is -0.271 e. The Labute approximate surface area is 102 Å². The van der Waals surface area contributed by atoms with Gasteiger partial charge in [-0.2, -0.15) is 0 Å². The summed E-state index contributed by atoms with van der Waals surface area (Å²) < 4.78 is 13.3. The van der Waals surface area contributed by atoms with Gasteiger partial charge in [0.2, 0.25) is 0 Å². The molecule has 94 valence electrons. The monoisotopic (exact) mass is 236 g/mol. The lowest BCUT2D eigenvalue weighted by molar-refractivity contribution is 0.363. The lowest BCUT2D eigenvalue weighted by atomic mass is 9.90. The van der Waals surface area contributed by atoms with Gasteiger partial charge in [-0.1, -0.05) is 25.5 Å². The van der Waals surface area contributed by atoms with Crippen LogP contribution in [0.5, 0.6) is 0 Å². The summed E-state index contributed by atoms with van der Waals surface area (Å²) in [5, 5.41) is 0. The molecule has 0 amide bonds. The molecular formula is C14H21FN2. The van der Waals surface area contributed by atoms with Crippen molar-refractivity contribution < 1.29 is 4.39 Å². The molecule has 0 aromatic heterocycles. The molecule has 2 rings (SSSR count). The lowest BCUT2D eigenvalue weighted by Gasteiger charge is -2.23. The van der Waals surface area contributed by atoms with Crippen LogP contribution in [0.2, 0.25) is 0 Å². The molecule has 1 saturated carbocycles. The third kappa shape index (κ3) is 2.67. The number of halogens is 1. The second kappa shape index (κ2) is 5.15. The van der Waals surface area contributed by atoms with Gasteiger partial charge in [-0.15, -0.1) is 0 Å². The molecule has 1 aromatic carbocycles. The van der Waals surface area contributed by atoms with Gasteiger partial charge in [0, 0.05) is 6.04 Å². The molecule has 0 radical (unpaired) electrons. The Kier molecular flexibility index (Phi) is 3.79. The average Bonchev–Trinajstić information content (AvgIpc) is 2.71. The first-order valence-corrected chi connectivity index (χ1v) is 6.34. The summed E-state index contributed by atoms with van der Waals surface area (Å²) in [6.07, 6.45) is 3.67. The van der Waals surface area contributed by atoms with Crippen LogP contribution in [0.3, 0.4) is 0 Å². The topological polar surface area (TPSA) is 38.0 Å². The summed E-state index contributed by atoms with van der Waals surface area (Å²) >= 11 is 0. The second-order valence-corrected chi connectivity index (χ2v) is 5.33. The van der Waals surface area contributed by atoms with Crippen LogP contribution in [-0.2, 0) is 0 Å². The third-order valence-electron chi connectivity index (χ3n) is 3.93. The van der Waals surface area contributed by atoms with E-state index in [1.54, 1.807) is 6.92 Å². The smallest absolute Gasteiger partial charge is 0.126 e. The Hall–Kier alpha value is -0.930. The normalized spacial score (nSPS) is 26.1. The first-order chi connectivity index (χ1) is 8.11. The molecule has 1 aromatic rings. The number of benzene rings is 1. The summed E-state index contributed by atoms with van der Waals surface area (Å²) in [7, 11) is 0. The molecule has 0 heterocycles. The first kappa shape index (κ1) is 12.5. The van der Waals surface area contributed by atoms with E-state index in [0.29, 0.717) is 11.5 Å². The largest absolute Gasteiger partial charge is 0.271 e. The van der Waals surface area contributed by atoms with E-state index in [1.807, 2.05) is 12.1 Å². The molecule has 0 aliphatic heterocycles. The van der Waals surface area contributed by atoms with Crippen LogP contribution < -0.4 is 11.3 Å². The van der Waals surface area contributed by atoms with Gasteiger partial charge >= 0.3 is 0 Å².